The van der Waals surface area contributed by atoms with Gasteiger partial charge in [-0.05, 0) is 42.3 Å². The molecule has 0 aliphatic carbocycles. The van der Waals surface area contributed by atoms with Crippen molar-refractivity contribution < 1.29 is 0 Å². The second-order valence-corrected chi connectivity index (χ2v) is 6.31. The molecule has 0 radical (unpaired) electrons. The lowest BCUT2D eigenvalue weighted by atomic mass is 9.87. The summed E-state index contributed by atoms with van der Waals surface area (Å²) in [6.07, 6.45) is 5.95. The number of rotatable bonds is 2. The van der Waals surface area contributed by atoms with Gasteiger partial charge in [0.05, 0.1) is 17.3 Å². The first kappa shape index (κ1) is 14.7. The van der Waals surface area contributed by atoms with Gasteiger partial charge in [-0.1, -0.05) is 23.7 Å². The molecule has 1 aliphatic rings. The van der Waals surface area contributed by atoms with E-state index in [1.807, 2.05) is 49.5 Å². The van der Waals surface area contributed by atoms with Crippen molar-refractivity contribution in [1.29, 1.82) is 5.26 Å². The van der Waals surface area contributed by atoms with Crippen LogP contribution in [0.3, 0.4) is 0 Å². The van der Waals surface area contributed by atoms with Gasteiger partial charge < -0.3 is 5.32 Å². The Bertz CT molecular complexity index is 1010. The fourth-order valence-corrected chi connectivity index (χ4v) is 3.35. The molecule has 0 bridgehead atoms. The highest BCUT2D eigenvalue weighted by atomic mass is 35.5. The van der Waals surface area contributed by atoms with Crippen LogP contribution in [0.4, 0.5) is 0 Å². The van der Waals surface area contributed by atoms with Gasteiger partial charge in [0.2, 0.25) is 0 Å². The summed E-state index contributed by atoms with van der Waals surface area (Å²) >= 11 is 6.15. The number of nitriles is 1. The van der Waals surface area contributed by atoms with Crippen molar-refractivity contribution >= 4 is 22.8 Å². The van der Waals surface area contributed by atoms with E-state index in [2.05, 4.69) is 21.5 Å². The molecule has 4 rings (SSSR count). The molecule has 0 amide bonds. The number of halogens is 1. The minimum absolute atomic E-state index is 0.552. The molecule has 1 unspecified atom stereocenters. The Hall–Kier alpha value is -2.84. The lowest BCUT2D eigenvalue weighted by molar-refractivity contribution is 0.532. The molecular formula is C18H14ClN5. The molecule has 6 heteroatoms. The SMILES string of the molecule is Cc1ccc(Cl)cc1C1(C#N)CC=C(c2ncnn3cccc23)N1. The first-order chi connectivity index (χ1) is 11.6. The molecule has 0 fully saturated rings. The smallest absolute Gasteiger partial charge is 0.154 e. The predicted molar refractivity (Wildman–Crippen MR) is 92.2 cm³/mol. The van der Waals surface area contributed by atoms with Crippen molar-refractivity contribution in [2.24, 2.45) is 0 Å². The Morgan fingerprint density at radius 2 is 2.25 bits per heavy atom. The third kappa shape index (κ3) is 2.15. The number of nitrogens with one attached hydrogen (secondary N) is 1. The van der Waals surface area contributed by atoms with Crippen LogP contribution in [-0.2, 0) is 5.54 Å². The topological polar surface area (TPSA) is 66.0 Å². The summed E-state index contributed by atoms with van der Waals surface area (Å²) in [5.74, 6) is 0. The first-order valence-corrected chi connectivity index (χ1v) is 7.96. The highest BCUT2D eigenvalue weighted by Gasteiger charge is 2.38. The second-order valence-electron chi connectivity index (χ2n) is 5.87. The highest BCUT2D eigenvalue weighted by molar-refractivity contribution is 6.30. The van der Waals surface area contributed by atoms with E-state index in [0.717, 1.165) is 28.0 Å². The van der Waals surface area contributed by atoms with E-state index < -0.39 is 5.54 Å². The Morgan fingerprint density at radius 3 is 3.08 bits per heavy atom. The van der Waals surface area contributed by atoms with Gasteiger partial charge in [0.1, 0.15) is 12.0 Å². The van der Waals surface area contributed by atoms with E-state index in [1.165, 1.54) is 6.33 Å². The van der Waals surface area contributed by atoms with Crippen LogP contribution < -0.4 is 5.32 Å². The number of fused-ring (bicyclic) bond motifs is 1. The molecular weight excluding hydrogens is 322 g/mol. The van der Waals surface area contributed by atoms with E-state index in [0.29, 0.717) is 11.4 Å². The van der Waals surface area contributed by atoms with Crippen molar-refractivity contribution in [2.75, 3.05) is 0 Å². The van der Waals surface area contributed by atoms with Crippen LogP contribution in [0.1, 0.15) is 23.2 Å². The van der Waals surface area contributed by atoms with Gasteiger partial charge in [-0.3, -0.25) is 0 Å². The van der Waals surface area contributed by atoms with E-state index in [-0.39, 0.29) is 0 Å². The quantitative estimate of drug-likeness (QED) is 0.779. The van der Waals surface area contributed by atoms with Crippen LogP contribution in [0, 0.1) is 18.3 Å². The standard InChI is InChI=1S/C18H14ClN5/c1-12-4-5-13(19)9-14(12)18(10-20)7-6-15(23-18)17-16-3-2-8-24(16)22-11-21-17/h2-6,8-9,11,23H,7H2,1H3. The van der Waals surface area contributed by atoms with Crippen molar-refractivity contribution in [3.63, 3.8) is 0 Å². The Kier molecular flexibility index (Phi) is 3.29. The van der Waals surface area contributed by atoms with Crippen LogP contribution in [-0.4, -0.2) is 14.6 Å². The number of aryl methyl sites for hydroxylation is 1. The van der Waals surface area contributed by atoms with Crippen LogP contribution in [0.2, 0.25) is 5.02 Å². The van der Waals surface area contributed by atoms with Gasteiger partial charge in [-0.25, -0.2) is 9.50 Å². The maximum Gasteiger partial charge on any atom is 0.154 e. The molecule has 0 saturated carbocycles. The van der Waals surface area contributed by atoms with Gasteiger partial charge in [0.15, 0.2) is 5.54 Å². The summed E-state index contributed by atoms with van der Waals surface area (Å²) in [4.78, 5) is 4.40. The maximum atomic E-state index is 9.90. The molecule has 1 aliphatic heterocycles. The highest BCUT2D eigenvalue weighted by Crippen LogP contribution is 2.37. The van der Waals surface area contributed by atoms with E-state index >= 15 is 0 Å². The zero-order valence-corrected chi connectivity index (χ0v) is 13.7. The Morgan fingerprint density at radius 1 is 1.38 bits per heavy atom. The molecule has 0 saturated heterocycles. The molecule has 1 N–H and O–H groups in total. The van der Waals surface area contributed by atoms with E-state index in [9.17, 15) is 5.26 Å². The molecule has 118 valence electrons. The predicted octanol–water partition coefficient (Wildman–Crippen LogP) is 3.44. The number of benzene rings is 1. The summed E-state index contributed by atoms with van der Waals surface area (Å²) in [6.45, 7) is 1.99. The minimum atomic E-state index is -0.834. The summed E-state index contributed by atoms with van der Waals surface area (Å²) in [7, 11) is 0. The lowest BCUT2D eigenvalue weighted by Crippen LogP contribution is -2.36. The van der Waals surface area contributed by atoms with Crippen LogP contribution >= 0.6 is 11.6 Å². The maximum absolute atomic E-state index is 9.90. The first-order valence-electron chi connectivity index (χ1n) is 7.58. The molecule has 1 aromatic carbocycles. The Balaban J connectivity index is 1.78. The van der Waals surface area contributed by atoms with Gasteiger partial charge in [0, 0.05) is 17.6 Å². The summed E-state index contributed by atoms with van der Waals surface area (Å²) in [6, 6.07) is 11.9. The zero-order valence-electron chi connectivity index (χ0n) is 13.0. The normalized spacial score (nSPS) is 19.8. The van der Waals surface area contributed by atoms with Crippen LogP contribution in [0.25, 0.3) is 11.2 Å². The molecule has 2 aromatic heterocycles. The van der Waals surface area contributed by atoms with Crippen LogP contribution in [0.5, 0.6) is 0 Å². The average Bonchev–Trinajstić information content (AvgIpc) is 3.24. The molecule has 1 atom stereocenters. The fourth-order valence-electron chi connectivity index (χ4n) is 3.18. The summed E-state index contributed by atoms with van der Waals surface area (Å²) in [5, 5.41) is 18.1. The molecule has 0 spiro atoms. The van der Waals surface area contributed by atoms with Crippen molar-refractivity contribution in [3.05, 3.63) is 70.8 Å². The number of hydrogen-bond donors (Lipinski definition) is 1. The minimum Gasteiger partial charge on any atom is -0.362 e. The fraction of sp³-hybridized carbons (Fsp3) is 0.167. The molecule has 3 aromatic rings. The largest absolute Gasteiger partial charge is 0.362 e. The average molecular weight is 336 g/mol. The van der Waals surface area contributed by atoms with Gasteiger partial charge in [-0.15, -0.1) is 0 Å². The van der Waals surface area contributed by atoms with Gasteiger partial charge in [-0.2, -0.15) is 10.4 Å². The van der Waals surface area contributed by atoms with Crippen LogP contribution in [0.15, 0.2) is 48.9 Å². The third-order valence-corrected chi connectivity index (χ3v) is 4.63. The summed E-state index contributed by atoms with van der Waals surface area (Å²) < 4.78 is 1.77. The number of aromatic nitrogens is 3. The Labute approximate surface area is 144 Å². The van der Waals surface area contributed by atoms with E-state index in [1.54, 1.807) is 4.52 Å². The second kappa shape index (κ2) is 5.36. The van der Waals surface area contributed by atoms with E-state index in [4.69, 9.17) is 11.6 Å². The number of hydrogen-bond acceptors (Lipinski definition) is 4. The number of nitrogens with zero attached hydrogens (tertiary/aromatic N) is 4. The summed E-state index contributed by atoms with van der Waals surface area (Å²) in [5.41, 5.74) is 3.60. The van der Waals surface area contributed by atoms with Crippen molar-refractivity contribution in [1.82, 2.24) is 19.9 Å². The van der Waals surface area contributed by atoms with Crippen molar-refractivity contribution in [2.45, 2.75) is 18.9 Å². The van der Waals surface area contributed by atoms with Crippen molar-refractivity contribution in [3.8, 4) is 6.07 Å². The van der Waals surface area contributed by atoms with Gasteiger partial charge >= 0.3 is 0 Å². The monoisotopic (exact) mass is 335 g/mol. The molecule has 5 nitrogen and oxygen atoms in total. The lowest BCUT2D eigenvalue weighted by Gasteiger charge is -2.26. The molecule has 3 heterocycles. The third-order valence-electron chi connectivity index (χ3n) is 4.40. The molecule has 24 heavy (non-hydrogen) atoms. The van der Waals surface area contributed by atoms with Gasteiger partial charge in [0.25, 0.3) is 0 Å². The zero-order chi connectivity index (χ0) is 16.7.